The molecule has 34 valence electrons. The van der Waals surface area contributed by atoms with E-state index in [1.54, 1.807) is 13.8 Å². The van der Waals surface area contributed by atoms with Crippen LogP contribution in [0.4, 0.5) is 4.70 Å². The first-order valence-electron chi connectivity index (χ1n) is 1.41. The van der Waals surface area contributed by atoms with Crippen LogP contribution in [-0.4, -0.2) is 11.2 Å². The Kier molecular flexibility index (Phi) is 6.89. The summed E-state index contributed by atoms with van der Waals surface area (Å²) in [4.78, 5) is 0. The summed E-state index contributed by atoms with van der Waals surface area (Å²) in [7, 11) is 0. The summed E-state index contributed by atoms with van der Waals surface area (Å²) < 4.78 is 0. The van der Waals surface area contributed by atoms with Gasteiger partial charge >= 0.3 is 0 Å². The Balaban J connectivity index is 0. The van der Waals surface area contributed by atoms with Crippen LogP contribution >= 0.6 is 0 Å². The van der Waals surface area contributed by atoms with Crippen LogP contribution in [0.3, 0.4) is 0 Å². The number of aliphatic hydroxyl groups is 1. The summed E-state index contributed by atoms with van der Waals surface area (Å²) in [6, 6.07) is 0. The Hall–Kier alpha value is -0.110. The molecule has 0 atom stereocenters. The van der Waals surface area contributed by atoms with E-state index in [0.717, 1.165) is 0 Å². The predicted molar refractivity (Wildman–Crippen MR) is 19.9 cm³/mol. The van der Waals surface area contributed by atoms with Gasteiger partial charge in [-0.3, -0.25) is 4.70 Å². The highest BCUT2D eigenvalue weighted by Crippen LogP contribution is 1.65. The van der Waals surface area contributed by atoms with Crippen LogP contribution in [0.2, 0.25) is 0 Å². The summed E-state index contributed by atoms with van der Waals surface area (Å²) >= 11 is 0. The van der Waals surface area contributed by atoms with E-state index in [4.69, 9.17) is 5.11 Å². The number of hydrogen-bond acceptors (Lipinski definition) is 1. The molecule has 0 heterocycles. The fraction of sp³-hybridized carbons (Fsp3) is 1.00. The lowest BCUT2D eigenvalue weighted by atomic mass is 10.5. The molecule has 0 spiro atoms. The first kappa shape index (κ1) is 8.86. The van der Waals surface area contributed by atoms with Crippen molar-refractivity contribution in [1.82, 2.24) is 0 Å². The van der Waals surface area contributed by atoms with Gasteiger partial charge in [-0.15, -0.1) is 0 Å². The third-order valence-corrected chi connectivity index (χ3v) is 0. The van der Waals surface area contributed by atoms with E-state index in [1.807, 2.05) is 0 Å². The topological polar surface area (TPSA) is 20.2 Å². The normalized spacial score (nSPS) is 7.20. The largest absolute Gasteiger partial charge is 0.394 e. The quantitative estimate of drug-likeness (QED) is 0.450. The maximum Gasteiger partial charge on any atom is 0.0483 e. The van der Waals surface area contributed by atoms with Crippen molar-refractivity contribution < 1.29 is 9.81 Å². The number of halogens is 1. The standard InChI is InChI=1S/C3H8O.FH/c1-3(2)4;/h3-4H,1-2H3;1H. The van der Waals surface area contributed by atoms with Gasteiger partial charge in [0.25, 0.3) is 0 Å². The van der Waals surface area contributed by atoms with Crippen LogP contribution in [0.15, 0.2) is 0 Å². The molecule has 0 saturated heterocycles. The summed E-state index contributed by atoms with van der Waals surface area (Å²) in [6.45, 7) is 3.44. The Bertz CT molecular complexity index is 11.6. The smallest absolute Gasteiger partial charge is 0.0483 e. The van der Waals surface area contributed by atoms with E-state index in [0.29, 0.717) is 0 Å². The van der Waals surface area contributed by atoms with Crippen molar-refractivity contribution in [2.75, 3.05) is 0 Å². The average Bonchev–Trinajstić information content (AvgIpc) is 0.811. The van der Waals surface area contributed by atoms with Crippen molar-refractivity contribution in [2.24, 2.45) is 0 Å². The molecule has 0 rings (SSSR count). The van der Waals surface area contributed by atoms with E-state index in [1.165, 1.54) is 0 Å². The summed E-state index contributed by atoms with van der Waals surface area (Å²) in [6.07, 6.45) is -0.167. The molecule has 0 aliphatic rings. The molecule has 1 nitrogen and oxygen atoms in total. The zero-order valence-corrected chi connectivity index (χ0v) is 3.43. The minimum atomic E-state index is -0.167. The molecule has 1 N–H and O–H groups in total. The van der Waals surface area contributed by atoms with Crippen molar-refractivity contribution in [2.45, 2.75) is 20.0 Å². The molecule has 0 aromatic rings. The zero-order valence-electron chi connectivity index (χ0n) is 3.43. The van der Waals surface area contributed by atoms with E-state index in [-0.39, 0.29) is 10.8 Å². The molecule has 5 heavy (non-hydrogen) atoms. The van der Waals surface area contributed by atoms with Crippen LogP contribution in [-0.2, 0) is 0 Å². The second-order valence-corrected chi connectivity index (χ2v) is 1.09. The fourth-order valence-corrected chi connectivity index (χ4v) is 0. The minimum absolute atomic E-state index is 0. The average molecular weight is 80.1 g/mol. The molecule has 0 bridgehead atoms. The molecule has 0 unspecified atom stereocenters. The van der Waals surface area contributed by atoms with Crippen molar-refractivity contribution in [1.29, 1.82) is 0 Å². The van der Waals surface area contributed by atoms with E-state index in [2.05, 4.69) is 0 Å². The lowest BCUT2D eigenvalue weighted by molar-refractivity contribution is 0.216. The van der Waals surface area contributed by atoms with Crippen LogP contribution in [0.25, 0.3) is 0 Å². The van der Waals surface area contributed by atoms with Gasteiger partial charge in [0.2, 0.25) is 0 Å². The maximum absolute atomic E-state index is 8.06. The molecular weight excluding hydrogens is 71.0 g/mol. The van der Waals surface area contributed by atoms with E-state index in [9.17, 15) is 0 Å². The molecule has 0 aromatic heterocycles. The van der Waals surface area contributed by atoms with Crippen LogP contribution < -0.4 is 0 Å². The lowest BCUT2D eigenvalue weighted by Crippen LogP contribution is -1.85. The van der Waals surface area contributed by atoms with Gasteiger partial charge in [-0.05, 0) is 13.8 Å². The second kappa shape index (κ2) is 3.89. The summed E-state index contributed by atoms with van der Waals surface area (Å²) in [5.41, 5.74) is 0. The highest BCUT2D eigenvalue weighted by Gasteiger charge is 1.69. The van der Waals surface area contributed by atoms with E-state index < -0.39 is 0 Å². The monoisotopic (exact) mass is 80.1 g/mol. The van der Waals surface area contributed by atoms with Crippen LogP contribution in [0, 0.1) is 0 Å². The van der Waals surface area contributed by atoms with E-state index >= 15 is 0 Å². The molecule has 0 amide bonds. The van der Waals surface area contributed by atoms with Crippen molar-refractivity contribution in [3.63, 3.8) is 0 Å². The van der Waals surface area contributed by atoms with Crippen molar-refractivity contribution >= 4 is 0 Å². The summed E-state index contributed by atoms with van der Waals surface area (Å²) in [5.74, 6) is 0. The van der Waals surface area contributed by atoms with Gasteiger partial charge in [0.15, 0.2) is 0 Å². The second-order valence-electron chi connectivity index (χ2n) is 1.09. The van der Waals surface area contributed by atoms with Crippen LogP contribution in [0.5, 0.6) is 0 Å². The van der Waals surface area contributed by atoms with Gasteiger partial charge in [-0.1, -0.05) is 0 Å². The molecule has 2 heteroatoms. The zero-order chi connectivity index (χ0) is 3.58. The molecule has 0 radical (unpaired) electrons. The molecule has 0 aliphatic carbocycles. The maximum atomic E-state index is 8.06. The van der Waals surface area contributed by atoms with Gasteiger partial charge in [-0.25, -0.2) is 0 Å². The molecule has 0 saturated carbocycles. The predicted octanol–water partition coefficient (Wildman–Crippen LogP) is 0.540. The third kappa shape index (κ3) is 1150. The minimum Gasteiger partial charge on any atom is -0.394 e. The molecule has 0 aromatic carbocycles. The third-order valence-electron chi connectivity index (χ3n) is 0. The van der Waals surface area contributed by atoms with Gasteiger partial charge < -0.3 is 5.11 Å². The number of hydrogen-bond donors (Lipinski definition) is 1. The SMILES string of the molecule is CC(C)O.F. The molecule has 0 fully saturated rings. The number of rotatable bonds is 0. The Morgan fingerprint density at radius 1 is 1.40 bits per heavy atom. The lowest BCUT2D eigenvalue weighted by Gasteiger charge is -1.80. The Morgan fingerprint density at radius 2 is 1.40 bits per heavy atom. The highest BCUT2D eigenvalue weighted by atomic mass is 19.0. The Labute approximate surface area is 31.0 Å². The van der Waals surface area contributed by atoms with Gasteiger partial charge in [-0.2, -0.15) is 0 Å². The first-order valence-corrected chi connectivity index (χ1v) is 1.41. The summed E-state index contributed by atoms with van der Waals surface area (Å²) in [5, 5.41) is 8.06. The molecular formula is C3H9FO. The molecule has 0 aliphatic heterocycles. The van der Waals surface area contributed by atoms with Gasteiger partial charge in [0, 0.05) is 6.10 Å². The number of aliphatic hydroxyl groups excluding tert-OH is 1. The van der Waals surface area contributed by atoms with Crippen molar-refractivity contribution in [3.8, 4) is 0 Å². The van der Waals surface area contributed by atoms with Crippen molar-refractivity contribution in [3.05, 3.63) is 0 Å². The highest BCUT2D eigenvalue weighted by molar-refractivity contribution is 4.20. The first-order chi connectivity index (χ1) is 1.73. The van der Waals surface area contributed by atoms with Crippen LogP contribution in [0.1, 0.15) is 13.8 Å². The van der Waals surface area contributed by atoms with Gasteiger partial charge in [0.1, 0.15) is 0 Å². The van der Waals surface area contributed by atoms with Gasteiger partial charge in [0.05, 0.1) is 0 Å². The fourth-order valence-electron chi connectivity index (χ4n) is 0. The Morgan fingerprint density at radius 3 is 1.40 bits per heavy atom.